The van der Waals surface area contributed by atoms with E-state index in [9.17, 15) is 0 Å². The zero-order valence-corrected chi connectivity index (χ0v) is 26.5. The molecule has 6 heteroatoms. The molecule has 1 unspecified atom stereocenters. The Kier molecular flexibility index (Phi) is 11.9. The molecule has 0 amide bonds. The number of aryl methyl sites for hydroxylation is 1. The van der Waals surface area contributed by atoms with Gasteiger partial charge < -0.3 is 15.1 Å². The highest BCUT2D eigenvalue weighted by Gasteiger charge is 2.27. The van der Waals surface area contributed by atoms with Crippen LogP contribution in [-0.4, -0.2) is 69.2 Å². The van der Waals surface area contributed by atoms with Gasteiger partial charge in [0.05, 0.1) is 5.70 Å². The molecule has 3 aromatic carbocycles. The first-order chi connectivity index (χ1) is 20.6. The van der Waals surface area contributed by atoms with Gasteiger partial charge in [-0.1, -0.05) is 80.9 Å². The maximum Gasteiger partial charge on any atom is 0.107 e. The molecule has 0 bridgehead atoms. The first-order valence-electron chi connectivity index (χ1n) is 15.4. The quantitative estimate of drug-likeness (QED) is 0.248. The van der Waals surface area contributed by atoms with Crippen molar-refractivity contribution in [1.29, 1.82) is 0 Å². The topological polar surface area (TPSA) is 43.2 Å². The molecule has 1 saturated heterocycles. The van der Waals surface area contributed by atoms with E-state index in [-0.39, 0.29) is 5.92 Å². The fourth-order valence-electron chi connectivity index (χ4n) is 5.72. The van der Waals surface area contributed by atoms with Gasteiger partial charge in [-0.25, -0.2) is 0 Å². The average molecular weight is 584 g/mol. The van der Waals surface area contributed by atoms with Crippen molar-refractivity contribution in [1.82, 2.24) is 9.80 Å². The van der Waals surface area contributed by atoms with E-state index in [2.05, 4.69) is 108 Å². The van der Waals surface area contributed by atoms with Crippen LogP contribution in [0.3, 0.4) is 0 Å². The van der Waals surface area contributed by atoms with Gasteiger partial charge in [-0.3, -0.25) is 9.98 Å². The third kappa shape index (κ3) is 7.97. The zero-order chi connectivity index (χ0) is 29.9. The van der Waals surface area contributed by atoms with Crippen LogP contribution in [0, 0.1) is 0 Å². The van der Waals surface area contributed by atoms with Crippen molar-refractivity contribution >= 4 is 35.9 Å². The van der Waals surface area contributed by atoms with E-state index in [4.69, 9.17) is 16.6 Å². The first kappa shape index (κ1) is 31.7. The molecule has 1 N–H and O–H groups in total. The Bertz CT molecular complexity index is 1370. The molecule has 1 heterocycles. The van der Waals surface area contributed by atoms with Gasteiger partial charge in [-0.05, 0) is 79.1 Å². The minimum Gasteiger partial charge on any atom is -0.366 e. The normalized spacial score (nSPS) is 17.5. The second-order valence-corrected chi connectivity index (χ2v) is 11.2. The number of benzene rings is 3. The van der Waals surface area contributed by atoms with Crippen LogP contribution in [0.1, 0.15) is 60.9 Å². The number of hydrogen-bond donors (Lipinski definition) is 1. The number of rotatable bonds is 10. The highest BCUT2D eigenvalue weighted by molar-refractivity contribution is 6.31. The monoisotopic (exact) mass is 583 g/mol. The predicted octanol–water partition coefficient (Wildman–Crippen LogP) is 7.81. The van der Waals surface area contributed by atoms with Crippen molar-refractivity contribution in [2.75, 3.05) is 51.8 Å². The van der Waals surface area contributed by atoms with Gasteiger partial charge in [0, 0.05) is 61.1 Å². The summed E-state index contributed by atoms with van der Waals surface area (Å²) in [6, 6.07) is 23.7. The van der Waals surface area contributed by atoms with E-state index in [1.54, 1.807) is 0 Å². The molecule has 42 heavy (non-hydrogen) atoms. The van der Waals surface area contributed by atoms with E-state index < -0.39 is 0 Å². The van der Waals surface area contributed by atoms with E-state index in [1.807, 2.05) is 20.1 Å². The van der Waals surface area contributed by atoms with Crippen LogP contribution in [0.5, 0.6) is 0 Å². The second kappa shape index (κ2) is 15.8. The lowest BCUT2D eigenvalue weighted by molar-refractivity contribution is 0.155. The van der Waals surface area contributed by atoms with Crippen molar-refractivity contribution < 1.29 is 0 Å². The van der Waals surface area contributed by atoms with Crippen molar-refractivity contribution in [3.63, 3.8) is 0 Å². The molecular formula is C36H46ClN5. The third-order valence-electron chi connectivity index (χ3n) is 8.23. The number of anilines is 1. The number of hydrogen-bond acceptors (Lipinski definition) is 5. The molecule has 1 aliphatic carbocycles. The summed E-state index contributed by atoms with van der Waals surface area (Å²) >= 11 is 6.62. The van der Waals surface area contributed by atoms with Gasteiger partial charge in [0.25, 0.3) is 0 Å². The summed E-state index contributed by atoms with van der Waals surface area (Å²) in [7, 11) is 2.20. The molecule has 0 radical (unpaired) electrons. The number of allylic oxidation sites excluding steroid dienone is 1. The first-order valence-corrected chi connectivity index (χ1v) is 15.7. The molecule has 5 rings (SSSR count). The lowest BCUT2D eigenvalue weighted by atomic mass is 9.77. The highest BCUT2D eigenvalue weighted by atomic mass is 35.5. The Labute approximate surface area is 258 Å². The maximum absolute atomic E-state index is 6.62. The Morgan fingerprint density at radius 2 is 1.74 bits per heavy atom. The molecule has 1 aliphatic heterocycles. The smallest absolute Gasteiger partial charge is 0.107 e. The standard InChI is InChI=1S/C34H40ClN5.C2H6/c1-4-26-11-12-27(22-33(26)35)32-21-28(34(36-2)31-8-6-5-7-30(31)32)23-37-24-38-29-13-9-25(10-14-29)15-16-40-19-17-39(3)18-20-40;1-2/h5-14,22-23,32,38H,2,4,15-21,24H2,1,3H3;1-2H3/b37-23-;. The van der Waals surface area contributed by atoms with Crippen molar-refractivity contribution in [3.8, 4) is 0 Å². The van der Waals surface area contributed by atoms with E-state index in [1.165, 1.54) is 35.3 Å². The number of halogens is 1. The van der Waals surface area contributed by atoms with Crippen LogP contribution >= 0.6 is 11.6 Å². The number of nitrogens with one attached hydrogen (secondary N) is 1. The van der Waals surface area contributed by atoms with Crippen LogP contribution in [-0.2, 0) is 12.8 Å². The van der Waals surface area contributed by atoms with Gasteiger partial charge in [-0.2, -0.15) is 0 Å². The highest BCUT2D eigenvalue weighted by Crippen LogP contribution is 2.42. The molecule has 1 atom stereocenters. The molecule has 0 aromatic heterocycles. The molecule has 2 aliphatic rings. The second-order valence-electron chi connectivity index (χ2n) is 10.8. The molecule has 1 fully saturated rings. The molecule has 0 saturated carbocycles. The van der Waals surface area contributed by atoms with Gasteiger partial charge in [0.1, 0.15) is 6.67 Å². The van der Waals surface area contributed by atoms with Crippen molar-refractivity contribution in [3.05, 3.63) is 105 Å². The Morgan fingerprint density at radius 3 is 2.43 bits per heavy atom. The summed E-state index contributed by atoms with van der Waals surface area (Å²) in [6.45, 7) is 16.3. The third-order valence-corrected chi connectivity index (χ3v) is 8.58. The van der Waals surface area contributed by atoms with Gasteiger partial charge in [-0.15, -0.1) is 0 Å². The van der Waals surface area contributed by atoms with Gasteiger partial charge >= 0.3 is 0 Å². The SMILES string of the molecule is C=NC1=C(/C=N\CNc2ccc(CCN3CCN(C)CC3)cc2)CC(c2ccc(CC)c(Cl)c2)c2ccccc21.CC. The summed E-state index contributed by atoms with van der Waals surface area (Å²) in [5.74, 6) is 0.193. The molecule has 3 aromatic rings. The van der Waals surface area contributed by atoms with Gasteiger partial charge in [0.2, 0.25) is 0 Å². The van der Waals surface area contributed by atoms with Crippen molar-refractivity contribution in [2.45, 2.75) is 46.0 Å². The molecule has 222 valence electrons. The number of nitrogens with zero attached hydrogens (tertiary/aromatic N) is 4. The molecular weight excluding hydrogens is 538 g/mol. The fourth-order valence-corrected chi connectivity index (χ4v) is 6.04. The summed E-state index contributed by atoms with van der Waals surface area (Å²) < 4.78 is 0. The number of aliphatic imine (C=N–C) groups is 2. The maximum atomic E-state index is 6.62. The lowest BCUT2D eigenvalue weighted by Gasteiger charge is -2.32. The Balaban J connectivity index is 0.00000198. The van der Waals surface area contributed by atoms with Crippen LogP contribution in [0.4, 0.5) is 5.69 Å². The lowest BCUT2D eigenvalue weighted by Crippen LogP contribution is -2.45. The minimum atomic E-state index is 0.193. The van der Waals surface area contributed by atoms with E-state index in [0.29, 0.717) is 6.67 Å². The molecule has 0 spiro atoms. The van der Waals surface area contributed by atoms with Crippen LogP contribution in [0.25, 0.3) is 5.70 Å². The van der Waals surface area contributed by atoms with Crippen LogP contribution in [0.2, 0.25) is 5.02 Å². The largest absolute Gasteiger partial charge is 0.366 e. The van der Waals surface area contributed by atoms with Crippen LogP contribution < -0.4 is 5.32 Å². The number of likely N-dealkylation sites (N-methyl/N-ethyl adjacent to an activating group) is 1. The van der Waals surface area contributed by atoms with Crippen LogP contribution in [0.15, 0.2) is 82.3 Å². The minimum absolute atomic E-state index is 0.193. The summed E-state index contributed by atoms with van der Waals surface area (Å²) in [4.78, 5) is 14.1. The van der Waals surface area contributed by atoms with Gasteiger partial charge in [0.15, 0.2) is 0 Å². The Morgan fingerprint density at radius 1 is 1.00 bits per heavy atom. The van der Waals surface area contributed by atoms with Crippen molar-refractivity contribution in [2.24, 2.45) is 9.98 Å². The average Bonchev–Trinajstić information content (AvgIpc) is 3.04. The number of piperazine rings is 1. The predicted molar refractivity (Wildman–Crippen MR) is 183 cm³/mol. The summed E-state index contributed by atoms with van der Waals surface area (Å²) in [5.41, 5.74) is 9.23. The number of fused-ring (bicyclic) bond motifs is 1. The molecule has 5 nitrogen and oxygen atoms in total. The fraction of sp³-hybridized carbons (Fsp3) is 0.389. The Hall–Kier alpha value is -3.25. The van der Waals surface area contributed by atoms with E-state index >= 15 is 0 Å². The summed E-state index contributed by atoms with van der Waals surface area (Å²) in [5, 5.41) is 4.27. The zero-order valence-electron chi connectivity index (χ0n) is 25.7. The summed E-state index contributed by atoms with van der Waals surface area (Å²) in [6.07, 6.45) is 4.78. The van der Waals surface area contributed by atoms with E-state index in [0.717, 1.165) is 66.4 Å².